The third-order valence-electron chi connectivity index (χ3n) is 4.10. The molecular weight excluding hydrogens is 363 g/mol. The van der Waals surface area contributed by atoms with Crippen molar-refractivity contribution in [3.05, 3.63) is 47.3 Å². The number of carbonyl (C=O) groups excluding carboxylic acids is 2. The van der Waals surface area contributed by atoms with E-state index < -0.39 is 43.9 Å². The van der Waals surface area contributed by atoms with E-state index in [0.29, 0.717) is 0 Å². The molecule has 7 nitrogen and oxygen atoms in total. The van der Waals surface area contributed by atoms with Gasteiger partial charge in [-0.15, -0.1) is 0 Å². The van der Waals surface area contributed by atoms with Gasteiger partial charge in [0.05, 0.1) is 11.4 Å². The first kappa shape index (κ1) is 17.9. The highest BCUT2D eigenvalue weighted by Gasteiger charge is 2.33. The van der Waals surface area contributed by atoms with Crippen LogP contribution in [0.1, 0.15) is 22.3 Å². The summed E-state index contributed by atoms with van der Waals surface area (Å²) < 4.78 is 37.9. The average molecular weight is 378 g/mol. The van der Waals surface area contributed by atoms with Crippen LogP contribution in [0.25, 0.3) is 0 Å². The van der Waals surface area contributed by atoms with Gasteiger partial charge in [0.25, 0.3) is 0 Å². The summed E-state index contributed by atoms with van der Waals surface area (Å²) in [5.41, 5.74) is 0.183. The van der Waals surface area contributed by atoms with Crippen molar-refractivity contribution in [2.75, 3.05) is 16.4 Å². The number of urea groups is 1. The standard InChI is InChI=1S/C17H15FN2O5S/c1-9-11(18)3-2-4-12(9)19-17(23)20-13-6-5-10-14(21)7-8-26(24,25)16(10)15(13)22/h2-6,22H,7-8H2,1H3,(H2,19,20,23). The fraction of sp³-hybridized carbons (Fsp3) is 0.176. The second-order valence-electron chi connectivity index (χ2n) is 5.82. The lowest BCUT2D eigenvalue weighted by atomic mass is 10.1. The molecule has 9 heteroatoms. The van der Waals surface area contributed by atoms with E-state index in [9.17, 15) is 27.5 Å². The molecule has 0 spiro atoms. The average Bonchev–Trinajstić information content (AvgIpc) is 2.57. The number of nitrogens with one attached hydrogen (secondary N) is 2. The lowest BCUT2D eigenvalue weighted by Crippen LogP contribution is -2.23. The van der Waals surface area contributed by atoms with Gasteiger partial charge in [0.15, 0.2) is 21.4 Å². The maximum Gasteiger partial charge on any atom is 0.323 e. The van der Waals surface area contributed by atoms with Crippen LogP contribution in [0.4, 0.5) is 20.6 Å². The van der Waals surface area contributed by atoms with Crippen molar-refractivity contribution >= 4 is 33.0 Å². The second-order valence-corrected chi connectivity index (χ2v) is 7.87. The fourth-order valence-corrected chi connectivity index (χ4v) is 4.27. The van der Waals surface area contributed by atoms with Crippen molar-refractivity contribution < 1.29 is 27.5 Å². The van der Waals surface area contributed by atoms with Crippen LogP contribution in [0.2, 0.25) is 0 Å². The van der Waals surface area contributed by atoms with Gasteiger partial charge in [-0.1, -0.05) is 6.07 Å². The number of sulfone groups is 1. The Bertz CT molecular complexity index is 1030. The lowest BCUT2D eigenvalue weighted by Gasteiger charge is -2.19. The zero-order valence-electron chi connectivity index (χ0n) is 13.7. The molecule has 136 valence electrons. The number of hydrogen-bond donors (Lipinski definition) is 3. The summed E-state index contributed by atoms with van der Waals surface area (Å²) >= 11 is 0. The zero-order chi connectivity index (χ0) is 19.1. The number of fused-ring (bicyclic) bond motifs is 1. The minimum absolute atomic E-state index is 0.0966. The van der Waals surface area contributed by atoms with Crippen molar-refractivity contribution in [3.8, 4) is 5.75 Å². The summed E-state index contributed by atoms with van der Waals surface area (Å²) in [5.74, 6) is -1.98. The molecule has 0 fully saturated rings. The smallest absolute Gasteiger partial charge is 0.323 e. The number of amides is 2. The van der Waals surface area contributed by atoms with E-state index in [0.717, 1.165) is 0 Å². The highest BCUT2D eigenvalue weighted by Crippen LogP contribution is 2.38. The summed E-state index contributed by atoms with van der Waals surface area (Å²) in [6, 6.07) is 5.85. The van der Waals surface area contributed by atoms with Gasteiger partial charge in [0.1, 0.15) is 10.7 Å². The Hall–Kier alpha value is -2.94. The Balaban J connectivity index is 1.90. The maximum atomic E-state index is 13.5. The summed E-state index contributed by atoms with van der Waals surface area (Å²) in [5, 5.41) is 15.0. The Labute approximate surface area is 148 Å². The van der Waals surface area contributed by atoms with Crippen LogP contribution in [-0.2, 0) is 9.84 Å². The molecule has 1 heterocycles. The second kappa shape index (κ2) is 6.41. The van der Waals surface area contributed by atoms with Crippen LogP contribution in [0.15, 0.2) is 35.2 Å². The highest BCUT2D eigenvalue weighted by molar-refractivity contribution is 7.91. The number of phenols is 1. The molecule has 2 aromatic carbocycles. The number of carbonyl (C=O) groups is 2. The number of ketones is 1. The molecular formula is C17H15FN2O5S. The molecule has 0 unspecified atom stereocenters. The number of aromatic hydroxyl groups is 1. The molecule has 0 bridgehead atoms. The van der Waals surface area contributed by atoms with E-state index in [1.807, 2.05) is 0 Å². The Morgan fingerprint density at radius 2 is 1.85 bits per heavy atom. The number of rotatable bonds is 2. The van der Waals surface area contributed by atoms with Crippen LogP contribution >= 0.6 is 0 Å². The summed E-state index contributed by atoms with van der Waals surface area (Å²) in [6.07, 6.45) is -0.152. The molecule has 1 aliphatic rings. The molecule has 0 atom stereocenters. The van der Waals surface area contributed by atoms with Crippen molar-refractivity contribution in [3.63, 3.8) is 0 Å². The largest absolute Gasteiger partial charge is 0.504 e. The van der Waals surface area contributed by atoms with Crippen LogP contribution < -0.4 is 10.6 Å². The van der Waals surface area contributed by atoms with Crippen LogP contribution in [-0.4, -0.2) is 31.1 Å². The van der Waals surface area contributed by atoms with E-state index >= 15 is 0 Å². The monoisotopic (exact) mass is 378 g/mol. The Morgan fingerprint density at radius 3 is 2.58 bits per heavy atom. The van der Waals surface area contributed by atoms with Crippen molar-refractivity contribution in [2.45, 2.75) is 18.2 Å². The van der Waals surface area contributed by atoms with Crippen LogP contribution in [0, 0.1) is 12.7 Å². The number of benzene rings is 2. The fourth-order valence-electron chi connectivity index (χ4n) is 2.69. The van der Waals surface area contributed by atoms with Gasteiger partial charge in [-0.25, -0.2) is 17.6 Å². The molecule has 2 amide bonds. The van der Waals surface area contributed by atoms with E-state index in [1.54, 1.807) is 0 Å². The molecule has 3 N–H and O–H groups in total. The number of Topliss-reactive ketones (excluding diaryl/α,β-unsaturated/α-hetero) is 1. The molecule has 2 aromatic rings. The van der Waals surface area contributed by atoms with Crippen molar-refractivity contribution in [1.29, 1.82) is 0 Å². The summed E-state index contributed by atoms with van der Waals surface area (Å²) in [7, 11) is -3.83. The molecule has 0 saturated heterocycles. The maximum absolute atomic E-state index is 13.5. The first-order valence-electron chi connectivity index (χ1n) is 7.66. The third kappa shape index (κ3) is 3.13. The summed E-state index contributed by atoms with van der Waals surface area (Å²) in [6.45, 7) is 1.49. The normalized spacial score (nSPS) is 15.2. The van der Waals surface area contributed by atoms with E-state index in [4.69, 9.17) is 0 Å². The number of phenolic OH excluding ortho intramolecular Hbond substituents is 1. The number of anilines is 2. The predicted molar refractivity (Wildman–Crippen MR) is 92.9 cm³/mol. The third-order valence-corrected chi connectivity index (χ3v) is 5.88. The molecule has 3 rings (SSSR count). The minimum Gasteiger partial charge on any atom is -0.504 e. The van der Waals surface area contributed by atoms with Gasteiger partial charge in [-0.05, 0) is 31.2 Å². The van der Waals surface area contributed by atoms with E-state index in [1.165, 1.54) is 37.3 Å². The number of halogens is 1. The zero-order valence-corrected chi connectivity index (χ0v) is 14.5. The van der Waals surface area contributed by atoms with Crippen molar-refractivity contribution in [2.24, 2.45) is 0 Å². The summed E-state index contributed by atoms with van der Waals surface area (Å²) in [4.78, 5) is 23.5. The van der Waals surface area contributed by atoms with Gasteiger partial charge in [0, 0.05) is 23.2 Å². The van der Waals surface area contributed by atoms with Gasteiger partial charge in [0.2, 0.25) is 0 Å². The molecule has 0 aliphatic carbocycles. The lowest BCUT2D eigenvalue weighted by molar-refractivity contribution is 0.0982. The molecule has 0 radical (unpaired) electrons. The Kier molecular flexibility index (Phi) is 4.41. The SMILES string of the molecule is Cc1c(F)cccc1NC(=O)Nc1ccc2c(c1O)S(=O)(=O)CCC2=O. The molecule has 1 aliphatic heterocycles. The Morgan fingerprint density at radius 1 is 1.15 bits per heavy atom. The van der Waals surface area contributed by atoms with Gasteiger partial charge >= 0.3 is 6.03 Å². The van der Waals surface area contributed by atoms with Gasteiger partial charge in [-0.3, -0.25) is 4.79 Å². The van der Waals surface area contributed by atoms with Gasteiger partial charge < -0.3 is 15.7 Å². The molecule has 0 saturated carbocycles. The van der Waals surface area contributed by atoms with Crippen molar-refractivity contribution in [1.82, 2.24) is 0 Å². The highest BCUT2D eigenvalue weighted by atomic mass is 32.2. The topological polar surface area (TPSA) is 113 Å². The quantitative estimate of drug-likeness (QED) is 0.696. The van der Waals surface area contributed by atoms with E-state index in [2.05, 4.69) is 10.6 Å². The first-order valence-corrected chi connectivity index (χ1v) is 9.31. The molecule has 26 heavy (non-hydrogen) atoms. The van der Waals surface area contributed by atoms with E-state index in [-0.39, 0.29) is 28.9 Å². The van der Waals surface area contributed by atoms with Gasteiger partial charge in [-0.2, -0.15) is 0 Å². The minimum atomic E-state index is -3.83. The van der Waals surface area contributed by atoms with Crippen LogP contribution in [0.3, 0.4) is 0 Å². The number of hydrogen-bond acceptors (Lipinski definition) is 5. The van der Waals surface area contributed by atoms with Crippen LogP contribution in [0.5, 0.6) is 5.75 Å². The molecule has 0 aromatic heterocycles. The predicted octanol–water partition coefficient (Wildman–Crippen LogP) is 2.84. The first-order chi connectivity index (χ1) is 12.2.